The highest BCUT2D eigenvalue weighted by atomic mass is 19.4. The Labute approximate surface area is 89.0 Å². The number of esters is 1. The second-order valence-electron chi connectivity index (χ2n) is 2.65. The molecule has 0 bridgehead atoms. The molecule has 7 heteroatoms. The van der Waals surface area contributed by atoms with Crippen molar-refractivity contribution >= 4 is 5.97 Å². The Morgan fingerprint density at radius 3 is 2.56 bits per heavy atom. The van der Waals surface area contributed by atoms with Gasteiger partial charge in [-0.25, -0.2) is 9.78 Å². The monoisotopic (exact) mass is 235 g/mol. The number of ether oxygens (including phenoxy) is 2. The molecule has 88 valence electrons. The molecule has 0 aromatic carbocycles. The standard InChI is InChI=1S/C9H8F3NO3/c1-2-15-8(14)7-4-3-6(5-13-7)16-9(10,11)12/h3-5H,2H2,1H3. The lowest BCUT2D eigenvalue weighted by molar-refractivity contribution is -0.274. The molecule has 1 aromatic heterocycles. The minimum absolute atomic E-state index is 0.0728. The molecule has 0 spiro atoms. The van der Waals surface area contributed by atoms with Gasteiger partial charge in [-0.1, -0.05) is 0 Å². The van der Waals surface area contributed by atoms with Crippen LogP contribution in [-0.4, -0.2) is 23.9 Å². The molecule has 16 heavy (non-hydrogen) atoms. The fraction of sp³-hybridized carbons (Fsp3) is 0.333. The van der Waals surface area contributed by atoms with Crippen LogP contribution >= 0.6 is 0 Å². The molecule has 0 atom stereocenters. The van der Waals surface area contributed by atoms with Crippen LogP contribution in [0.2, 0.25) is 0 Å². The van der Waals surface area contributed by atoms with Crippen molar-refractivity contribution in [1.29, 1.82) is 0 Å². The Kier molecular flexibility index (Phi) is 3.70. The molecule has 0 aliphatic heterocycles. The van der Waals surface area contributed by atoms with Gasteiger partial charge in [0.1, 0.15) is 11.4 Å². The lowest BCUT2D eigenvalue weighted by Gasteiger charge is -2.08. The zero-order valence-electron chi connectivity index (χ0n) is 8.25. The predicted octanol–water partition coefficient (Wildman–Crippen LogP) is 2.16. The van der Waals surface area contributed by atoms with Crippen molar-refractivity contribution in [2.75, 3.05) is 6.61 Å². The van der Waals surface area contributed by atoms with Gasteiger partial charge in [-0.3, -0.25) is 0 Å². The van der Waals surface area contributed by atoms with Crippen LogP contribution in [0, 0.1) is 0 Å². The van der Waals surface area contributed by atoms with E-state index in [0.717, 1.165) is 18.3 Å². The Bertz CT molecular complexity index is 361. The molecule has 0 aliphatic rings. The first kappa shape index (κ1) is 12.3. The van der Waals surface area contributed by atoms with Crippen LogP contribution in [0.3, 0.4) is 0 Å². The average Bonchev–Trinajstić information content (AvgIpc) is 2.16. The highest BCUT2D eigenvalue weighted by molar-refractivity contribution is 5.87. The van der Waals surface area contributed by atoms with Crippen molar-refractivity contribution < 1.29 is 27.4 Å². The predicted molar refractivity (Wildman–Crippen MR) is 46.9 cm³/mol. The Balaban J connectivity index is 2.72. The molecular formula is C9H8F3NO3. The Morgan fingerprint density at radius 2 is 2.12 bits per heavy atom. The summed E-state index contributed by atoms with van der Waals surface area (Å²) in [6, 6.07) is 2.09. The third-order valence-electron chi connectivity index (χ3n) is 1.45. The van der Waals surface area contributed by atoms with Crippen molar-refractivity contribution in [3.63, 3.8) is 0 Å². The van der Waals surface area contributed by atoms with E-state index < -0.39 is 18.1 Å². The van der Waals surface area contributed by atoms with E-state index in [9.17, 15) is 18.0 Å². The number of hydrogen-bond donors (Lipinski definition) is 0. The summed E-state index contributed by atoms with van der Waals surface area (Å²) in [6.07, 6.45) is -3.97. The van der Waals surface area contributed by atoms with Gasteiger partial charge >= 0.3 is 12.3 Å². The van der Waals surface area contributed by atoms with E-state index in [1.165, 1.54) is 0 Å². The molecule has 0 fully saturated rings. The maximum atomic E-state index is 11.8. The van der Waals surface area contributed by atoms with Crippen molar-refractivity contribution in [2.24, 2.45) is 0 Å². The summed E-state index contributed by atoms with van der Waals surface area (Å²) in [7, 11) is 0. The van der Waals surface area contributed by atoms with Crippen molar-refractivity contribution in [3.8, 4) is 5.75 Å². The minimum atomic E-state index is -4.77. The maximum absolute atomic E-state index is 11.8. The molecule has 0 N–H and O–H groups in total. The van der Waals surface area contributed by atoms with Gasteiger partial charge in [-0.05, 0) is 19.1 Å². The van der Waals surface area contributed by atoms with E-state index >= 15 is 0 Å². The van der Waals surface area contributed by atoms with Crippen molar-refractivity contribution in [1.82, 2.24) is 4.98 Å². The quantitative estimate of drug-likeness (QED) is 0.753. The third-order valence-corrected chi connectivity index (χ3v) is 1.45. The van der Waals surface area contributed by atoms with Crippen molar-refractivity contribution in [3.05, 3.63) is 24.0 Å². The number of hydrogen-bond acceptors (Lipinski definition) is 4. The summed E-state index contributed by atoms with van der Waals surface area (Å²) in [5.41, 5.74) is -0.0728. The lowest BCUT2D eigenvalue weighted by Crippen LogP contribution is -2.17. The summed E-state index contributed by atoms with van der Waals surface area (Å²) in [6.45, 7) is 1.78. The largest absolute Gasteiger partial charge is 0.573 e. The Morgan fingerprint density at radius 1 is 1.44 bits per heavy atom. The van der Waals surface area contributed by atoms with Crippen LogP contribution in [0.1, 0.15) is 17.4 Å². The SMILES string of the molecule is CCOC(=O)c1ccc(OC(F)(F)F)cn1. The molecule has 0 saturated heterocycles. The molecule has 1 aromatic rings. The smallest absolute Gasteiger partial charge is 0.461 e. The van der Waals surface area contributed by atoms with Gasteiger partial charge in [0.15, 0.2) is 0 Å². The zero-order chi connectivity index (χ0) is 12.2. The Hall–Kier alpha value is -1.79. The number of halogens is 3. The topological polar surface area (TPSA) is 48.4 Å². The highest BCUT2D eigenvalue weighted by Gasteiger charge is 2.31. The first-order valence-electron chi connectivity index (χ1n) is 4.31. The van der Waals surface area contributed by atoms with E-state index in [2.05, 4.69) is 14.5 Å². The number of carbonyl (C=O) groups is 1. The van der Waals surface area contributed by atoms with Crippen LogP contribution in [-0.2, 0) is 4.74 Å². The van der Waals surface area contributed by atoms with Gasteiger partial charge in [-0.15, -0.1) is 13.2 Å². The van der Waals surface area contributed by atoms with Gasteiger partial charge < -0.3 is 9.47 Å². The number of nitrogens with zero attached hydrogens (tertiary/aromatic N) is 1. The van der Waals surface area contributed by atoms with Gasteiger partial charge in [0.2, 0.25) is 0 Å². The van der Waals surface area contributed by atoms with Crippen LogP contribution in [0.5, 0.6) is 5.75 Å². The lowest BCUT2D eigenvalue weighted by atomic mass is 10.3. The van der Waals surface area contributed by atoms with E-state index in [4.69, 9.17) is 0 Å². The van der Waals surface area contributed by atoms with Crippen LogP contribution in [0.25, 0.3) is 0 Å². The van der Waals surface area contributed by atoms with Gasteiger partial charge in [0.25, 0.3) is 0 Å². The molecule has 0 radical (unpaired) electrons. The number of rotatable bonds is 3. The number of alkyl halides is 3. The van der Waals surface area contributed by atoms with Crippen molar-refractivity contribution in [2.45, 2.75) is 13.3 Å². The summed E-state index contributed by atoms with van der Waals surface area (Å²) < 4.78 is 43.5. The summed E-state index contributed by atoms with van der Waals surface area (Å²) in [4.78, 5) is 14.6. The molecular weight excluding hydrogens is 227 g/mol. The molecule has 1 heterocycles. The van der Waals surface area contributed by atoms with Gasteiger partial charge in [0, 0.05) is 0 Å². The van der Waals surface area contributed by atoms with E-state index in [0.29, 0.717) is 0 Å². The second kappa shape index (κ2) is 4.82. The second-order valence-corrected chi connectivity index (χ2v) is 2.65. The normalized spacial score (nSPS) is 11.0. The van der Waals surface area contributed by atoms with E-state index in [1.807, 2.05) is 0 Å². The van der Waals surface area contributed by atoms with Crippen LogP contribution in [0.4, 0.5) is 13.2 Å². The molecule has 0 unspecified atom stereocenters. The van der Waals surface area contributed by atoms with Gasteiger partial charge in [-0.2, -0.15) is 0 Å². The molecule has 0 aliphatic carbocycles. The number of carbonyl (C=O) groups excluding carboxylic acids is 1. The minimum Gasteiger partial charge on any atom is -0.461 e. The number of pyridine rings is 1. The summed E-state index contributed by atoms with van der Waals surface area (Å²) >= 11 is 0. The van der Waals surface area contributed by atoms with Crippen LogP contribution < -0.4 is 4.74 Å². The first-order valence-corrected chi connectivity index (χ1v) is 4.31. The summed E-state index contributed by atoms with van der Waals surface area (Å²) in [5.74, 6) is -1.18. The fourth-order valence-electron chi connectivity index (χ4n) is 0.900. The van der Waals surface area contributed by atoms with Gasteiger partial charge in [0.05, 0.1) is 12.8 Å². The highest BCUT2D eigenvalue weighted by Crippen LogP contribution is 2.21. The van der Waals surface area contributed by atoms with Crippen LogP contribution in [0.15, 0.2) is 18.3 Å². The molecule has 1 rings (SSSR count). The maximum Gasteiger partial charge on any atom is 0.573 e. The zero-order valence-corrected chi connectivity index (χ0v) is 8.25. The first-order chi connectivity index (χ1) is 7.42. The molecule has 0 saturated carbocycles. The fourth-order valence-corrected chi connectivity index (χ4v) is 0.900. The van der Waals surface area contributed by atoms with E-state index in [-0.39, 0.29) is 12.3 Å². The average molecular weight is 235 g/mol. The van der Waals surface area contributed by atoms with E-state index in [1.54, 1.807) is 6.92 Å². The third kappa shape index (κ3) is 3.76. The number of aromatic nitrogens is 1. The molecule has 4 nitrogen and oxygen atoms in total. The molecule has 0 amide bonds. The summed E-state index contributed by atoms with van der Waals surface area (Å²) in [5, 5.41) is 0.